The topological polar surface area (TPSA) is 103 Å². The van der Waals surface area contributed by atoms with E-state index in [-0.39, 0.29) is 11.8 Å². The SMILES string of the molecule is Cn1ncc2cc(-c3nn(C4CCOCC4)c4ncnc(Nc5ccc(O)cc5)c34)ccc21. The first-order valence-electron chi connectivity index (χ1n) is 11.0. The van der Waals surface area contributed by atoms with E-state index in [9.17, 15) is 5.11 Å². The van der Waals surface area contributed by atoms with Crippen LogP contribution in [0.25, 0.3) is 33.2 Å². The third-order valence-corrected chi connectivity index (χ3v) is 6.18. The molecule has 6 rings (SSSR count). The summed E-state index contributed by atoms with van der Waals surface area (Å²) in [5, 5.41) is 24.4. The number of nitrogens with zero attached hydrogens (tertiary/aromatic N) is 6. The molecule has 0 aliphatic carbocycles. The van der Waals surface area contributed by atoms with Gasteiger partial charge in [0, 0.05) is 36.9 Å². The van der Waals surface area contributed by atoms with Crippen molar-refractivity contribution in [1.29, 1.82) is 0 Å². The Balaban J connectivity index is 1.54. The molecule has 1 fully saturated rings. The summed E-state index contributed by atoms with van der Waals surface area (Å²) in [4.78, 5) is 9.19. The summed E-state index contributed by atoms with van der Waals surface area (Å²) in [6, 6.07) is 13.4. The lowest BCUT2D eigenvalue weighted by molar-refractivity contribution is 0.0674. The van der Waals surface area contributed by atoms with Gasteiger partial charge in [-0.25, -0.2) is 14.6 Å². The molecular formula is C24H23N7O2. The van der Waals surface area contributed by atoms with Crippen LogP contribution in [0.15, 0.2) is 55.0 Å². The molecule has 5 aromatic rings. The standard InChI is InChI=1S/C24H23N7O2/c1-30-20-7-2-15(12-16(20)13-27-30)22-21-23(28-17-3-5-19(32)6-4-17)25-14-26-24(21)31(29-22)18-8-10-33-11-9-18/h2-7,12-14,18,32H,8-11H2,1H3,(H,25,26,28). The molecule has 1 aliphatic heterocycles. The predicted molar refractivity (Wildman–Crippen MR) is 126 cm³/mol. The van der Waals surface area contributed by atoms with Crippen LogP contribution < -0.4 is 5.32 Å². The number of ether oxygens (including phenoxy) is 1. The first-order chi connectivity index (χ1) is 16.2. The summed E-state index contributed by atoms with van der Waals surface area (Å²) >= 11 is 0. The van der Waals surface area contributed by atoms with Crippen molar-refractivity contribution < 1.29 is 9.84 Å². The summed E-state index contributed by atoms with van der Waals surface area (Å²) in [5.74, 6) is 0.886. The zero-order valence-electron chi connectivity index (χ0n) is 18.1. The maximum Gasteiger partial charge on any atom is 0.164 e. The maximum atomic E-state index is 9.64. The smallest absolute Gasteiger partial charge is 0.164 e. The number of aromatic hydroxyl groups is 1. The van der Waals surface area contributed by atoms with Gasteiger partial charge < -0.3 is 15.2 Å². The molecule has 33 heavy (non-hydrogen) atoms. The number of aromatic nitrogens is 6. The van der Waals surface area contributed by atoms with Crippen LogP contribution in [-0.2, 0) is 11.8 Å². The van der Waals surface area contributed by atoms with Crippen LogP contribution in [0.4, 0.5) is 11.5 Å². The second-order valence-electron chi connectivity index (χ2n) is 8.27. The average Bonchev–Trinajstić information content (AvgIpc) is 3.42. The second kappa shape index (κ2) is 7.86. The van der Waals surface area contributed by atoms with Gasteiger partial charge in [0.05, 0.1) is 23.1 Å². The van der Waals surface area contributed by atoms with Crippen LogP contribution in [-0.4, -0.2) is 47.8 Å². The van der Waals surface area contributed by atoms with Gasteiger partial charge in [0.25, 0.3) is 0 Å². The van der Waals surface area contributed by atoms with Crippen LogP contribution in [0.2, 0.25) is 0 Å². The van der Waals surface area contributed by atoms with E-state index in [4.69, 9.17) is 9.84 Å². The van der Waals surface area contributed by atoms with Gasteiger partial charge in [-0.15, -0.1) is 0 Å². The van der Waals surface area contributed by atoms with Gasteiger partial charge in [-0.1, -0.05) is 6.07 Å². The lowest BCUT2D eigenvalue weighted by Crippen LogP contribution is -2.20. The van der Waals surface area contributed by atoms with Gasteiger partial charge in [-0.2, -0.15) is 10.2 Å². The lowest BCUT2D eigenvalue weighted by atomic mass is 10.1. The van der Waals surface area contributed by atoms with E-state index in [1.807, 2.05) is 34.7 Å². The van der Waals surface area contributed by atoms with Gasteiger partial charge in [0.15, 0.2) is 5.65 Å². The van der Waals surface area contributed by atoms with E-state index in [2.05, 4.69) is 38.6 Å². The predicted octanol–water partition coefficient (Wildman–Crippen LogP) is 4.18. The van der Waals surface area contributed by atoms with E-state index in [1.54, 1.807) is 18.5 Å². The molecule has 2 N–H and O–H groups in total. The molecule has 3 aromatic heterocycles. The molecule has 4 heterocycles. The van der Waals surface area contributed by atoms with Crippen molar-refractivity contribution in [3.05, 3.63) is 55.0 Å². The Morgan fingerprint density at radius 2 is 1.88 bits per heavy atom. The van der Waals surface area contributed by atoms with Crippen molar-refractivity contribution in [3.63, 3.8) is 0 Å². The molecule has 1 saturated heterocycles. The van der Waals surface area contributed by atoms with Crippen LogP contribution >= 0.6 is 0 Å². The number of hydrogen-bond acceptors (Lipinski definition) is 7. The van der Waals surface area contributed by atoms with Crippen molar-refractivity contribution in [3.8, 4) is 17.0 Å². The van der Waals surface area contributed by atoms with Crippen molar-refractivity contribution in [1.82, 2.24) is 29.5 Å². The normalized spacial score (nSPS) is 14.8. The van der Waals surface area contributed by atoms with E-state index in [0.717, 1.165) is 51.7 Å². The molecule has 9 nitrogen and oxygen atoms in total. The molecule has 0 atom stereocenters. The highest BCUT2D eigenvalue weighted by atomic mass is 16.5. The number of phenolic OH excluding ortho intramolecular Hbond substituents is 1. The Morgan fingerprint density at radius 1 is 1.06 bits per heavy atom. The highest BCUT2D eigenvalue weighted by molar-refractivity contribution is 6.01. The Labute approximate surface area is 189 Å². The molecular weight excluding hydrogens is 418 g/mol. The monoisotopic (exact) mass is 441 g/mol. The van der Waals surface area contributed by atoms with Crippen LogP contribution in [0.5, 0.6) is 5.75 Å². The van der Waals surface area contributed by atoms with Gasteiger partial charge >= 0.3 is 0 Å². The molecule has 0 bridgehead atoms. The zero-order valence-corrected chi connectivity index (χ0v) is 18.1. The van der Waals surface area contributed by atoms with Gasteiger partial charge in [0.1, 0.15) is 23.6 Å². The quantitative estimate of drug-likeness (QED) is 0.403. The fourth-order valence-corrected chi connectivity index (χ4v) is 4.45. The van der Waals surface area contributed by atoms with E-state index in [1.165, 1.54) is 0 Å². The minimum Gasteiger partial charge on any atom is -0.508 e. The summed E-state index contributed by atoms with van der Waals surface area (Å²) in [6.45, 7) is 1.43. The molecule has 9 heteroatoms. The summed E-state index contributed by atoms with van der Waals surface area (Å²) in [5.41, 5.74) is 4.48. The fraction of sp³-hybridized carbons (Fsp3) is 0.250. The fourth-order valence-electron chi connectivity index (χ4n) is 4.45. The molecule has 0 amide bonds. The lowest BCUT2D eigenvalue weighted by Gasteiger charge is -2.22. The third kappa shape index (κ3) is 3.46. The van der Waals surface area contributed by atoms with E-state index >= 15 is 0 Å². The number of nitrogens with one attached hydrogen (secondary N) is 1. The first kappa shape index (κ1) is 19.7. The van der Waals surface area contributed by atoms with E-state index < -0.39 is 0 Å². The van der Waals surface area contributed by atoms with Crippen molar-refractivity contribution in [2.24, 2.45) is 7.05 Å². The number of anilines is 2. The number of hydrogen-bond donors (Lipinski definition) is 2. The summed E-state index contributed by atoms with van der Waals surface area (Å²) in [7, 11) is 1.94. The number of fused-ring (bicyclic) bond motifs is 2. The van der Waals surface area contributed by atoms with Crippen molar-refractivity contribution in [2.75, 3.05) is 18.5 Å². The number of phenols is 1. The second-order valence-corrected chi connectivity index (χ2v) is 8.27. The molecule has 2 aromatic carbocycles. The zero-order chi connectivity index (χ0) is 22.4. The number of rotatable bonds is 4. The van der Waals surface area contributed by atoms with Crippen molar-refractivity contribution >= 4 is 33.4 Å². The van der Waals surface area contributed by atoms with Crippen LogP contribution in [0, 0.1) is 0 Å². The van der Waals surface area contributed by atoms with Crippen LogP contribution in [0.3, 0.4) is 0 Å². The molecule has 1 aliphatic rings. The number of aryl methyl sites for hydroxylation is 1. The van der Waals surface area contributed by atoms with Crippen molar-refractivity contribution in [2.45, 2.75) is 18.9 Å². The third-order valence-electron chi connectivity index (χ3n) is 6.18. The molecule has 0 saturated carbocycles. The maximum absolute atomic E-state index is 9.64. The largest absolute Gasteiger partial charge is 0.508 e. The summed E-state index contributed by atoms with van der Waals surface area (Å²) < 4.78 is 9.46. The Kier molecular flexibility index (Phi) is 4.69. The first-order valence-corrected chi connectivity index (χ1v) is 11.0. The van der Waals surface area contributed by atoms with Gasteiger partial charge in [-0.3, -0.25) is 4.68 Å². The minimum absolute atomic E-state index is 0.214. The minimum atomic E-state index is 0.214. The Morgan fingerprint density at radius 3 is 2.70 bits per heavy atom. The van der Waals surface area contributed by atoms with Crippen LogP contribution in [0.1, 0.15) is 18.9 Å². The van der Waals surface area contributed by atoms with E-state index in [0.29, 0.717) is 19.0 Å². The molecule has 166 valence electrons. The van der Waals surface area contributed by atoms with Gasteiger partial charge in [-0.05, 0) is 49.2 Å². The molecule has 0 unspecified atom stereocenters. The number of benzene rings is 2. The average molecular weight is 441 g/mol. The molecule has 0 spiro atoms. The highest BCUT2D eigenvalue weighted by Crippen LogP contribution is 2.36. The summed E-state index contributed by atoms with van der Waals surface area (Å²) in [6.07, 6.45) is 5.21. The molecule has 0 radical (unpaired) electrons. The van der Waals surface area contributed by atoms with Gasteiger partial charge in [0.2, 0.25) is 0 Å². The highest BCUT2D eigenvalue weighted by Gasteiger charge is 2.25. The Bertz CT molecular complexity index is 1450. The Hall–Kier alpha value is -3.98.